The van der Waals surface area contributed by atoms with E-state index in [0.29, 0.717) is 6.54 Å². The number of amides is 4. The van der Waals surface area contributed by atoms with Gasteiger partial charge in [0.25, 0.3) is 0 Å². The number of likely N-dealkylation sites (N-methyl/N-ethyl adjacent to an activating group) is 1. The van der Waals surface area contributed by atoms with Crippen molar-refractivity contribution in [2.75, 3.05) is 26.2 Å². The van der Waals surface area contributed by atoms with Crippen LogP contribution in [0, 0.1) is 11.3 Å². The first kappa shape index (κ1) is 22.8. The fourth-order valence-electron chi connectivity index (χ4n) is 3.91. The van der Waals surface area contributed by atoms with Gasteiger partial charge in [0, 0.05) is 13.1 Å². The quantitative estimate of drug-likeness (QED) is 0.446. The number of carbonyl (C=O) groups excluding carboxylic acids is 3. The number of urea groups is 1. The van der Waals surface area contributed by atoms with E-state index in [1.54, 1.807) is 6.08 Å². The molecule has 0 spiro atoms. The Morgan fingerprint density at radius 3 is 2.14 bits per heavy atom. The summed E-state index contributed by atoms with van der Waals surface area (Å²) in [7, 11) is 0. The molecular weight excluding hydrogens is 366 g/mol. The topological polar surface area (TPSA) is 60.9 Å². The van der Waals surface area contributed by atoms with Gasteiger partial charge in [-0.3, -0.25) is 19.4 Å². The van der Waals surface area contributed by atoms with E-state index >= 15 is 0 Å². The van der Waals surface area contributed by atoms with Crippen molar-refractivity contribution in [1.29, 1.82) is 0 Å². The zero-order chi connectivity index (χ0) is 21.6. The van der Waals surface area contributed by atoms with Gasteiger partial charge in [-0.25, -0.2) is 4.79 Å². The molecule has 1 aliphatic rings. The monoisotopic (exact) mass is 399 g/mol. The first-order valence-corrected chi connectivity index (χ1v) is 10.4. The maximum atomic E-state index is 13.5. The predicted octanol–water partition coefficient (Wildman–Crippen LogP) is 3.54. The Balaban J connectivity index is 2.44. The normalized spacial score (nSPS) is 20.1. The number of carbonyl (C=O) groups is 3. The SMILES string of the molecule is C=CCC1(C(C)C)C(=O)N(CCN(CC)CC)C(=O)N(Cc2ccccc2)C1=O. The molecule has 1 aromatic rings. The lowest BCUT2D eigenvalue weighted by molar-refractivity contribution is -0.162. The second kappa shape index (κ2) is 9.83. The molecule has 6 heteroatoms. The largest absolute Gasteiger partial charge is 0.333 e. The van der Waals surface area contributed by atoms with Gasteiger partial charge in [0.2, 0.25) is 11.8 Å². The summed E-state index contributed by atoms with van der Waals surface area (Å²) < 4.78 is 0. The summed E-state index contributed by atoms with van der Waals surface area (Å²) in [5.41, 5.74) is -0.447. The highest BCUT2D eigenvalue weighted by atomic mass is 16.2. The Morgan fingerprint density at radius 1 is 1.03 bits per heavy atom. The van der Waals surface area contributed by atoms with E-state index in [9.17, 15) is 14.4 Å². The van der Waals surface area contributed by atoms with Gasteiger partial charge >= 0.3 is 6.03 Å². The van der Waals surface area contributed by atoms with Crippen LogP contribution in [-0.2, 0) is 16.1 Å². The third kappa shape index (κ3) is 4.42. The minimum atomic E-state index is -1.30. The Kier molecular flexibility index (Phi) is 7.73. The number of hydrogen-bond donors (Lipinski definition) is 0. The summed E-state index contributed by atoms with van der Waals surface area (Å²) in [6.07, 6.45) is 1.82. The van der Waals surface area contributed by atoms with Gasteiger partial charge in [0.1, 0.15) is 5.41 Å². The van der Waals surface area contributed by atoms with Crippen LogP contribution in [0.3, 0.4) is 0 Å². The van der Waals surface area contributed by atoms with E-state index in [4.69, 9.17) is 0 Å². The first-order chi connectivity index (χ1) is 13.8. The number of hydrogen-bond acceptors (Lipinski definition) is 4. The van der Waals surface area contributed by atoms with Gasteiger partial charge in [-0.2, -0.15) is 0 Å². The molecule has 2 rings (SSSR count). The van der Waals surface area contributed by atoms with E-state index in [1.165, 1.54) is 9.80 Å². The summed E-state index contributed by atoms with van der Waals surface area (Å²) >= 11 is 0. The van der Waals surface area contributed by atoms with Crippen LogP contribution in [0.25, 0.3) is 0 Å². The standard InChI is InChI=1S/C23H33N3O3/c1-6-14-23(18(4)5)20(27)25(16-15-24(7-2)8-3)22(29)26(21(23)28)17-19-12-10-9-11-13-19/h6,9-13,18H,1,7-8,14-17H2,2-5H3. The summed E-state index contributed by atoms with van der Waals surface area (Å²) in [5.74, 6) is -1.09. The lowest BCUT2D eigenvalue weighted by atomic mass is 9.70. The molecule has 0 aromatic heterocycles. The van der Waals surface area contributed by atoms with Gasteiger partial charge in [-0.15, -0.1) is 6.58 Å². The molecule has 4 amide bonds. The van der Waals surface area contributed by atoms with Crippen LogP contribution in [0.15, 0.2) is 43.0 Å². The molecule has 0 N–H and O–H groups in total. The molecule has 29 heavy (non-hydrogen) atoms. The van der Waals surface area contributed by atoms with Crippen LogP contribution in [0.4, 0.5) is 4.79 Å². The molecular formula is C23H33N3O3. The highest BCUT2D eigenvalue weighted by Crippen LogP contribution is 2.40. The van der Waals surface area contributed by atoms with Crippen molar-refractivity contribution in [3.8, 4) is 0 Å². The smallest absolute Gasteiger partial charge is 0.302 e. The highest BCUT2D eigenvalue weighted by molar-refractivity contribution is 6.19. The van der Waals surface area contributed by atoms with Crippen molar-refractivity contribution in [3.05, 3.63) is 48.6 Å². The van der Waals surface area contributed by atoms with Crippen molar-refractivity contribution in [1.82, 2.24) is 14.7 Å². The van der Waals surface area contributed by atoms with E-state index in [1.807, 2.05) is 58.0 Å². The van der Waals surface area contributed by atoms with E-state index in [0.717, 1.165) is 18.7 Å². The maximum Gasteiger partial charge on any atom is 0.333 e. The molecule has 158 valence electrons. The number of benzene rings is 1. The minimum absolute atomic E-state index is 0.152. The Hall–Kier alpha value is -2.47. The maximum absolute atomic E-state index is 13.5. The fraction of sp³-hybridized carbons (Fsp3) is 0.522. The molecule has 1 fully saturated rings. The Morgan fingerprint density at radius 2 is 1.62 bits per heavy atom. The van der Waals surface area contributed by atoms with Crippen LogP contribution >= 0.6 is 0 Å². The number of allylic oxidation sites excluding steroid dienone is 1. The number of rotatable bonds is 10. The van der Waals surface area contributed by atoms with E-state index < -0.39 is 23.3 Å². The summed E-state index contributed by atoms with van der Waals surface area (Å²) in [6.45, 7) is 14.3. The zero-order valence-corrected chi connectivity index (χ0v) is 18.1. The van der Waals surface area contributed by atoms with Crippen LogP contribution < -0.4 is 0 Å². The van der Waals surface area contributed by atoms with Crippen LogP contribution in [0.5, 0.6) is 0 Å². The summed E-state index contributed by atoms with van der Waals surface area (Å²) in [5, 5.41) is 0. The molecule has 1 aliphatic heterocycles. The minimum Gasteiger partial charge on any atom is -0.302 e. The molecule has 0 aliphatic carbocycles. The van der Waals surface area contributed by atoms with Gasteiger partial charge in [0.15, 0.2) is 0 Å². The van der Waals surface area contributed by atoms with Gasteiger partial charge in [0.05, 0.1) is 6.54 Å². The van der Waals surface area contributed by atoms with Gasteiger partial charge in [-0.1, -0.05) is 64.1 Å². The third-order valence-corrected chi connectivity index (χ3v) is 5.89. The highest BCUT2D eigenvalue weighted by Gasteiger charge is 2.58. The molecule has 1 atom stereocenters. The summed E-state index contributed by atoms with van der Waals surface area (Å²) in [6, 6.07) is 8.85. The fourth-order valence-corrected chi connectivity index (χ4v) is 3.91. The molecule has 0 bridgehead atoms. The van der Waals surface area contributed by atoms with E-state index in [-0.39, 0.29) is 25.4 Å². The van der Waals surface area contributed by atoms with Crippen molar-refractivity contribution in [3.63, 3.8) is 0 Å². The van der Waals surface area contributed by atoms with Gasteiger partial charge in [-0.05, 0) is 31.0 Å². The Bertz CT molecular complexity index is 743. The van der Waals surface area contributed by atoms with Crippen molar-refractivity contribution in [2.45, 2.75) is 40.7 Å². The average molecular weight is 400 g/mol. The lowest BCUT2D eigenvalue weighted by Crippen LogP contribution is -2.67. The van der Waals surface area contributed by atoms with Crippen LogP contribution in [0.1, 0.15) is 39.7 Å². The average Bonchev–Trinajstić information content (AvgIpc) is 2.72. The second-order valence-corrected chi connectivity index (χ2v) is 7.76. The first-order valence-electron chi connectivity index (χ1n) is 10.4. The number of imide groups is 2. The van der Waals surface area contributed by atoms with Crippen molar-refractivity contribution in [2.24, 2.45) is 11.3 Å². The van der Waals surface area contributed by atoms with Gasteiger partial charge < -0.3 is 4.90 Å². The molecule has 6 nitrogen and oxygen atoms in total. The van der Waals surface area contributed by atoms with E-state index in [2.05, 4.69) is 11.5 Å². The van der Waals surface area contributed by atoms with Crippen LogP contribution in [-0.4, -0.2) is 58.7 Å². The zero-order valence-electron chi connectivity index (χ0n) is 18.1. The molecule has 1 heterocycles. The lowest BCUT2D eigenvalue weighted by Gasteiger charge is -2.46. The molecule has 0 saturated carbocycles. The predicted molar refractivity (Wildman–Crippen MR) is 114 cm³/mol. The Labute approximate surface area is 174 Å². The summed E-state index contributed by atoms with van der Waals surface area (Å²) in [4.78, 5) is 44.9. The second-order valence-electron chi connectivity index (χ2n) is 7.76. The van der Waals surface area contributed by atoms with Crippen molar-refractivity contribution < 1.29 is 14.4 Å². The molecule has 0 radical (unpaired) electrons. The third-order valence-electron chi connectivity index (χ3n) is 5.89. The number of nitrogens with zero attached hydrogens (tertiary/aromatic N) is 3. The molecule has 1 aromatic carbocycles. The van der Waals surface area contributed by atoms with Crippen LogP contribution in [0.2, 0.25) is 0 Å². The number of barbiturate groups is 1. The molecule has 1 saturated heterocycles. The molecule has 1 unspecified atom stereocenters. The van der Waals surface area contributed by atoms with Crippen molar-refractivity contribution >= 4 is 17.8 Å².